The monoisotopic (exact) mass is 448 g/mol. The van der Waals surface area contributed by atoms with Gasteiger partial charge < -0.3 is 10.2 Å². The molecular formula is C24H31F3N4O. The zero-order valence-electron chi connectivity index (χ0n) is 18.9. The summed E-state index contributed by atoms with van der Waals surface area (Å²) in [6, 6.07) is 5.96. The predicted octanol–water partition coefficient (Wildman–Crippen LogP) is 4.32. The van der Waals surface area contributed by atoms with Crippen molar-refractivity contribution in [2.24, 2.45) is 11.3 Å². The third-order valence-corrected chi connectivity index (χ3v) is 6.54. The second-order valence-electron chi connectivity index (χ2n) is 10.2. The third-order valence-electron chi connectivity index (χ3n) is 6.54. The van der Waals surface area contributed by atoms with Crippen LogP contribution in [0.2, 0.25) is 0 Å². The maximum absolute atomic E-state index is 13.5. The molecule has 1 N–H and O–H groups in total. The van der Waals surface area contributed by atoms with Gasteiger partial charge in [0.25, 0.3) is 0 Å². The first kappa shape index (κ1) is 22.8. The van der Waals surface area contributed by atoms with Crippen LogP contribution in [0.25, 0.3) is 10.9 Å². The van der Waals surface area contributed by atoms with Gasteiger partial charge in [-0.2, -0.15) is 13.2 Å². The molecule has 1 amide bonds. The molecule has 1 aromatic carbocycles. The van der Waals surface area contributed by atoms with Gasteiger partial charge in [-0.3, -0.25) is 14.7 Å². The largest absolute Gasteiger partial charge is 0.418 e. The molecule has 2 unspecified atom stereocenters. The van der Waals surface area contributed by atoms with Crippen LogP contribution in [-0.4, -0.2) is 54.6 Å². The lowest BCUT2D eigenvalue weighted by Crippen LogP contribution is -2.52. The quantitative estimate of drug-likeness (QED) is 0.757. The second kappa shape index (κ2) is 8.54. The average Bonchev–Trinajstić information content (AvgIpc) is 3.03. The van der Waals surface area contributed by atoms with E-state index in [0.29, 0.717) is 24.4 Å². The van der Waals surface area contributed by atoms with Crippen molar-refractivity contribution < 1.29 is 18.0 Å². The van der Waals surface area contributed by atoms with Crippen LogP contribution in [0.1, 0.15) is 39.2 Å². The number of benzene rings is 1. The van der Waals surface area contributed by atoms with E-state index in [-0.39, 0.29) is 22.9 Å². The van der Waals surface area contributed by atoms with Crippen LogP contribution >= 0.6 is 0 Å². The molecule has 5 nitrogen and oxygen atoms in total. The minimum atomic E-state index is -4.46. The summed E-state index contributed by atoms with van der Waals surface area (Å²) in [6.07, 6.45) is -1.13. The Labute approximate surface area is 187 Å². The Hall–Kier alpha value is -2.35. The van der Waals surface area contributed by atoms with Gasteiger partial charge in [0.15, 0.2) is 0 Å². The molecule has 0 aliphatic carbocycles. The molecular weight excluding hydrogens is 417 g/mol. The summed E-state index contributed by atoms with van der Waals surface area (Å²) in [5, 5.41) is 3.66. The second-order valence-corrected chi connectivity index (χ2v) is 10.2. The van der Waals surface area contributed by atoms with Gasteiger partial charge in [-0.15, -0.1) is 0 Å². The van der Waals surface area contributed by atoms with Crippen LogP contribution in [0, 0.1) is 11.3 Å². The van der Waals surface area contributed by atoms with Gasteiger partial charge >= 0.3 is 6.18 Å². The van der Waals surface area contributed by atoms with Crippen molar-refractivity contribution in [3.05, 3.63) is 36.0 Å². The van der Waals surface area contributed by atoms with Crippen LogP contribution in [0.3, 0.4) is 0 Å². The summed E-state index contributed by atoms with van der Waals surface area (Å²) in [5.41, 5.74) is 0.218. The lowest BCUT2D eigenvalue weighted by molar-refractivity contribution is -0.136. The van der Waals surface area contributed by atoms with Gasteiger partial charge in [-0.1, -0.05) is 20.8 Å². The Bertz CT molecular complexity index is 991. The van der Waals surface area contributed by atoms with Gasteiger partial charge in [0.2, 0.25) is 5.91 Å². The Morgan fingerprint density at radius 1 is 1.25 bits per heavy atom. The Morgan fingerprint density at radius 2 is 2.03 bits per heavy atom. The lowest BCUT2D eigenvalue weighted by atomic mass is 9.93. The third kappa shape index (κ3) is 5.00. The summed E-state index contributed by atoms with van der Waals surface area (Å²) in [4.78, 5) is 21.0. The average molecular weight is 449 g/mol. The minimum absolute atomic E-state index is 0.0145. The maximum Gasteiger partial charge on any atom is 0.418 e. The fourth-order valence-electron chi connectivity index (χ4n) is 5.15. The number of likely N-dealkylation sites (tertiary alicyclic amines) is 1. The number of amides is 1. The molecule has 4 rings (SSSR count). The van der Waals surface area contributed by atoms with E-state index in [0.717, 1.165) is 44.2 Å². The van der Waals surface area contributed by atoms with E-state index in [9.17, 15) is 18.0 Å². The van der Waals surface area contributed by atoms with E-state index < -0.39 is 11.7 Å². The molecule has 2 saturated heterocycles. The molecule has 1 aromatic heterocycles. The predicted molar refractivity (Wildman–Crippen MR) is 120 cm³/mol. The molecule has 174 valence electrons. The SMILES string of the molecule is CC1CC(NC(=O)CN2CCC(C)(C)C2)CN(c2ccc(C(F)(F)F)c3ncccc23)C1. The topological polar surface area (TPSA) is 48.5 Å². The van der Waals surface area contributed by atoms with Crippen LogP contribution < -0.4 is 10.2 Å². The molecule has 2 aliphatic rings. The fraction of sp³-hybridized carbons (Fsp3) is 0.583. The van der Waals surface area contributed by atoms with Crippen LogP contribution in [-0.2, 0) is 11.0 Å². The molecule has 8 heteroatoms. The molecule has 2 fully saturated rings. The van der Waals surface area contributed by atoms with Crippen molar-refractivity contribution in [1.82, 2.24) is 15.2 Å². The summed E-state index contributed by atoms with van der Waals surface area (Å²) in [6.45, 7) is 10.1. The number of carbonyl (C=O) groups excluding carboxylic acids is 1. The normalized spacial score (nSPS) is 24.1. The van der Waals surface area contributed by atoms with Crippen molar-refractivity contribution in [2.45, 2.75) is 45.8 Å². The number of anilines is 1. The highest BCUT2D eigenvalue weighted by atomic mass is 19.4. The molecule has 32 heavy (non-hydrogen) atoms. The first-order chi connectivity index (χ1) is 15.0. The highest BCUT2D eigenvalue weighted by molar-refractivity contribution is 5.94. The van der Waals surface area contributed by atoms with Crippen molar-refractivity contribution in [3.63, 3.8) is 0 Å². The highest BCUT2D eigenvalue weighted by Gasteiger charge is 2.35. The number of carbonyl (C=O) groups is 1. The number of aromatic nitrogens is 1. The number of alkyl halides is 3. The lowest BCUT2D eigenvalue weighted by Gasteiger charge is -2.39. The molecule has 2 atom stereocenters. The van der Waals surface area contributed by atoms with Crippen LogP contribution in [0.15, 0.2) is 30.5 Å². The molecule has 2 aromatic rings. The zero-order valence-corrected chi connectivity index (χ0v) is 18.9. The van der Waals surface area contributed by atoms with Gasteiger partial charge in [0, 0.05) is 42.9 Å². The summed E-state index contributed by atoms with van der Waals surface area (Å²) < 4.78 is 40.4. The molecule has 0 spiro atoms. The van der Waals surface area contributed by atoms with E-state index in [1.165, 1.54) is 12.3 Å². The standard InChI is InChI=1S/C24H31F3N4O/c1-16-11-17(29-21(32)14-30-10-8-23(2,3)15-30)13-31(12-16)20-7-6-19(24(25,26)27)22-18(20)5-4-9-28-22/h4-7,9,16-17H,8,10-15H2,1-3H3,(H,29,32). The number of nitrogens with one attached hydrogen (secondary N) is 1. The van der Waals surface area contributed by atoms with Crippen LogP contribution in [0.4, 0.5) is 18.9 Å². The molecule has 2 aliphatic heterocycles. The maximum atomic E-state index is 13.5. The number of pyridine rings is 1. The summed E-state index contributed by atoms with van der Waals surface area (Å²) in [7, 11) is 0. The van der Waals surface area contributed by atoms with E-state index >= 15 is 0 Å². The van der Waals surface area contributed by atoms with Crippen molar-refractivity contribution in [3.8, 4) is 0 Å². The minimum Gasteiger partial charge on any atom is -0.369 e. The Balaban J connectivity index is 1.50. The fourth-order valence-corrected chi connectivity index (χ4v) is 5.15. The number of nitrogens with zero attached hydrogens (tertiary/aromatic N) is 3. The number of halogens is 3. The molecule has 0 radical (unpaired) electrons. The number of piperidine rings is 1. The van der Waals surface area contributed by atoms with E-state index in [4.69, 9.17) is 0 Å². The molecule has 0 bridgehead atoms. The van der Waals surface area contributed by atoms with Crippen LogP contribution in [0.5, 0.6) is 0 Å². The van der Waals surface area contributed by atoms with E-state index in [1.807, 2.05) is 0 Å². The van der Waals surface area contributed by atoms with E-state index in [1.54, 1.807) is 12.1 Å². The number of rotatable bonds is 4. The van der Waals surface area contributed by atoms with Gasteiger partial charge in [-0.25, -0.2) is 0 Å². The zero-order chi connectivity index (χ0) is 23.1. The van der Waals surface area contributed by atoms with Crippen molar-refractivity contribution in [1.29, 1.82) is 0 Å². The van der Waals surface area contributed by atoms with Crippen molar-refractivity contribution >= 4 is 22.5 Å². The first-order valence-corrected chi connectivity index (χ1v) is 11.2. The smallest absolute Gasteiger partial charge is 0.369 e. The Morgan fingerprint density at radius 3 is 2.72 bits per heavy atom. The molecule has 0 saturated carbocycles. The van der Waals surface area contributed by atoms with E-state index in [2.05, 4.69) is 40.9 Å². The summed E-state index contributed by atoms with van der Waals surface area (Å²) in [5.74, 6) is 0.314. The first-order valence-electron chi connectivity index (χ1n) is 11.2. The number of hydrogen-bond acceptors (Lipinski definition) is 4. The van der Waals surface area contributed by atoms with Crippen molar-refractivity contribution in [2.75, 3.05) is 37.6 Å². The molecule has 3 heterocycles. The summed E-state index contributed by atoms with van der Waals surface area (Å²) >= 11 is 0. The van der Waals surface area contributed by atoms with Gasteiger partial charge in [-0.05, 0) is 55.0 Å². The Kier molecular flexibility index (Phi) is 6.09. The highest BCUT2D eigenvalue weighted by Crippen LogP contribution is 2.38. The van der Waals surface area contributed by atoms with Gasteiger partial charge in [0.05, 0.1) is 17.6 Å². The number of hydrogen-bond donors (Lipinski definition) is 1. The van der Waals surface area contributed by atoms with Gasteiger partial charge in [0.1, 0.15) is 0 Å². The number of fused-ring (bicyclic) bond motifs is 1.